The van der Waals surface area contributed by atoms with E-state index in [1.54, 1.807) is 6.20 Å². The van der Waals surface area contributed by atoms with Gasteiger partial charge in [-0.25, -0.2) is 0 Å². The molecule has 0 radical (unpaired) electrons. The van der Waals surface area contributed by atoms with E-state index >= 15 is 0 Å². The van der Waals surface area contributed by atoms with E-state index in [2.05, 4.69) is 57.1 Å². The second-order valence-corrected chi connectivity index (χ2v) is 5.53. The molecule has 100 valence electrons. The molecule has 0 aliphatic heterocycles. The van der Waals surface area contributed by atoms with E-state index in [1.807, 2.05) is 12.1 Å². The van der Waals surface area contributed by atoms with Crippen LogP contribution in [0.2, 0.25) is 0 Å². The topological polar surface area (TPSA) is 42.2 Å². The van der Waals surface area contributed by atoms with Crippen molar-refractivity contribution in [1.82, 2.24) is 9.88 Å². The zero-order chi connectivity index (χ0) is 13.7. The summed E-state index contributed by atoms with van der Waals surface area (Å²) in [4.78, 5) is 6.57. The summed E-state index contributed by atoms with van der Waals surface area (Å²) >= 11 is 3.50. The van der Waals surface area contributed by atoms with Crippen LogP contribution >= 0.6 is 15.9 Å². The number of hydrogen-bond acceptors (Lipinski definition) is 3. The lowest BCUT2D eigenvalue weighted by Gasteiger charge is -2.18. The van der Waals surface area contributed by atoms with Crippen LogP contribution in [-0.4, -0.2) is 16.9 Å². The van der Waals surface area contributed by atoms with Gasteiger partial charge in [0.15, 0.2) is 0 Å². The van der Waals surface area contributed by atoms with Crippen LogP contribution in [0, 0.1) is 0 Å². The number of hydrogen-bond donors (Lipinski definition) is 1. The van der Waals surface area contributed by atoms with Gasteiger partial charge in [0.05, 0.1) is 5.69 Å². The first kappa shape index (κ1) is 14.2. The molecule has 2 aromatic rings. The molecule has 0 atom stereocenters. The zero-order valence-corrected chi connectivity index (χ0v) is 12.6. The van der Waals surface area contributed by atoms with Gasteiger partial charge in [0.25, 0.3) is 0 Å². The molecule has 19 heavy (non-hydrogen) atoms. The maximum absolute atomic E-state index is 5.71. The Morgan fingerprint density at radius 2 is 2.05 bits per heavy atom. The zero-order valence-electron chi connectivity index (χ0n) is 11.0. The molecule has 2 N–H and O–H groups in total. The van der Waals surface area contributed by atoms with Gasteiger partial charge in [0, 0.05) is 30.3 Å². The van der Waals surface area contributed by atoms with Gasteiger partial charge in [0.2, 0.25) is 0 Å². The van der Waals surface area contributed by atoms with Gasteiger partial charge >= 0.3 is 0 Å². The molecule has 0 aliphatic rings. The maximum atomic E-state index is 5.71. The minimum Gasteiger partial charge on any atom is -0.325 e. The highest BCUT2D eigenvalue weighted by Gasteiger charge is 2.06. The summed E-state index contributed by atoms with van der Waals surface area (Å²) in [6.07, 6.45) is 1.79. The third-order valence-corrected chi connectivity index (χ3v) is 3.45. The fourth-order valence-electron chi connectivity index (χ4n) is 2.09. The smallest absolute Gasteiger partial charge is 0.0584 e. The van der Waals surface area contributed by atoms with Crippen molar-refractivity contribution >= 4 is 15.9 Å². The number of nitrogens with two attached hydrogens (primary N) is 1. The molecule has 1 aromatic heterocycles. The minimum atomic E-state index is 0.487. The largest absolute Gasteiger partial charge is 0.325 e. The van der Waals surface area contributed by atoms with Crippen LogP contribution < -0.4 is 5.73 Å². The summed E-state index contributed by atoms with van der Waals surface area (Å²) in [6.45, 7) is 2.24. The van der Waals surface area contributed by atoms with Crippen LogP contribution in [0.5, 0.6) is 0 Å². The lowest BCUT2D eigenvalue weighted by Crippen LogP contribution is -2.19. The number of pyridine rings is 1. The summed E-state index contributed by atoms with van der Waals surface area (Å²) in [5.74, 6) is 0. The van der Waals surface area contributed by atoms with E-state index < -0.39 is 0 Å². The van der Waals surface area contributed by atoms with E-state index in [-0.39, 0.29) is 0 Å². The number of rotatable bonds is 5. The molecule has 2 rings (SSSR count). The van der Waals surface area contributed by atoms with Crippen LogP contribution in [0.25, 0.3) is 0 Å². The quantitative estimate of drug-likeness (QED) is 0.921. The van der Waals surface area contributed by atoms with Crippen molar-refractivity contribution in [3.05, 3.63) is 63.9 Å². The third-order valence-electron chi connectivity index (χ3n) is 2.96. The molecule has 0 unspecified atom stereocenters. The van der Waals surface area contributed by atoms with Crippen molar-refractivity contribution in [3.63, 3.8) is 0 Å². The first-order valence-electron chi connectivity index (χ1n) is 6.25. The second-order valence-electron chi connectivity index (χ2n) is 4.62. The molecule has 0 spiro atoms. The maximum Gasteiger partial charge on any atom is 0.0584 e. The van der Waals surface area contributed by atoms with Gasteiger partial charge in [-0.3, -0.25) is 9.88 Å². The van der Waals surface area contributed by atoms with Crippen LogP contribution in [0.4, 0.5) is 0 Å². The second kappa shape index (κ2) is 6.80. The Morgan fingerprint density at radius 1 is 1.21 bits per heavy atom. The Morgan fingerprint density at radius 3 is 2.79 bits per heavy atom. The van der Waals surface area contributed by atoms with E-state index in [9.17, 15) is 0 Å². The lowest BCUT2D eigenvalue weighted by molar-refractivity contribution is 0.317. The molecule has 1 aromatic carbocycles. The van der Waals surface area contributed by atoms with Gasteiger partial charge in [0.1, 0.15) is 0 Å². The highest BCUT2D eigenvalue weighted by Crippen LogP contribution is 2.14. The van der Waals surface area contributed by atoms with Gasteiger partial charge < -0.3 is 5.73 Å². The first-order valence-corrected chi connectivity index (χ1v) is 7.04. The predicted molar refractivity (Wildman–Crippen MR) is 81.4 cm³/mol. The SMILES string of the molecule is CN(Cc1cccc(Br)c1)Cc1cccnc1CN. The summed E-state index contributed by atoms with van der Waals surface area (Å²) < 4.78 is 1.11. The average Bonchev–Trinajstić information content (AvgIpc) is 2.39. The third kappa shape index (κ3) is 4.13. The van der Waals surface area contributed by atoms with Gasteiger partial charge in [-0.1, -0.05) is 34.1 Å². The van der Waals surface area contributed by atoms with Crippen LogP contribution in [0.15, 0.2) is 47.1 Å². The molecule has 0 bridgehead atoms. The van der Waals surface area contributed by atoms with Crippen LogP contribution in [0.1, 0.15) is 16.8 Å². The van der Waals surface area contributed by atoms with Gasteiger partial charge in [-0.2, -0.15) is 0 Å². The fourth-order valence-corrected chi connectivity index (χ4v) is 2.54. The van der Waals surface area contributed by atoms with Crippen LogP contribution in [0.3, 0.4) is 0 Å². The van der Waals surface area contributed by atoms with Gasteiger partial charge in [-0.05, 0) is 36.4 Å². The molecule has 3 nitrogen and oxygen atoms in total. The Labute approximate surface area is 122 Å². The fraction of sp³-hybridized carbons (Fsp3) is 0.267. The van der Waals surface area contributed by atoms with Crippen molar-refractivity contribution < 1.29 is 0 Å². The number of halogens is 1. The van der Waals surface area contributed by atoms with Crippen molar-refractivity contribution in [3.8, 4) is 0 Å². The van der Waals surface area contributed by atoms with Crippen molar-refractivity contribution in [2.24, 2.45) is 5.73 Å². The molecule has 1 heterocycles. The highest BCUT2D eigenvalue weighted by atomic mass is 79.9. The minimum absolute atomic E-state index is 0.487. The molecule has 0 saturated carbocycles. The van der Waals surface area contributed by atoms with Crippen molar-refractivity contribution in [2.45, 2.75) is 19.6 Å². The molecule has 0 aliphatic carbocycles. The predicted octanol–water partition coefficient (Wildman–Crippen LogP) is 2.93. The van der Waals surface area contributed by atoms with E-state index in [0.29, 0.717) is 6.54 Å². The summed E-state index contributed by atoms with van der Waals surface area (Å²) in [6, 6.07) is 12.4. The molecular weight excluding hydrogens is 302 g/mol. The Balaban J connectivity index is 2.03. The van der Waals surface area contributed by atoms with E-state index in [4.69, 9.17) is 5.73 Å². The molecule has 4 heteroatoms. The standard InChI is InChI=1S/C15H18BrN3/c1-19(10-12-4-2-6-14(16)8-12)11-13-5-3-7-18-15(13)9-17/h2-8H,9-11,17H2,1H3. The summed E-state index contributed by atoms with van der Waals surface area (Å²) in [5, 5.41) is 0. The number of aromatic nitrogens is 1. The molecule has 0 fully saturated rings. The summed E-state index contributed by atoms with van der Waals surface area (Å²) in [7, 11) is 2.11. The Hall–Kier alpha value is -1.23. The normalized spacial score (nSPS) is 10.9. The molecular formula is C15H18BrN3. The summed E-state index contributed by atoms with van der Waals surface area (Å²) in [5.41, 5.74) is 9.17. The van der Waals surface area contributed by atoms with Gasteiger partial charge in [-0.15, -0.1) is 0 Å². The molecule has 0 amide bonds. The Kier molecular flexibility index (Phi) is 5.07. The number of nitrogens with zero attached hydrogens (tertiary/aromatic N) is 2. The van der Waals surface area contributed by atoms with Crippen LogP contribution in [-0.2, 0) is 19.6 Å². The van der Waals surface area contributed by atoms with Crippen molar-refractivity contribution in [2.75, 3.05) is 7.05 Å². The number of benzene rings is 1. The Bertz CT molecular complexity index is 542. The highest BCUT2D eigenvalue weighted by molar-refractivity contribution is 9.10. The van der Waals surface area contributed by atoms with E-state index in [0.717, 1.165) is 23.3 Å². The monoisotopic (exact) mass is 319 g/mol. The van der Waals surface area contributed by atoms with E-state index in [1.165, 1.54) is 11.1 Å². The first-order chi connectivity index (χ1) is 9.19. The van der Waals surface area contributed by atoms with Crippen molar-refractivity contribution in [1.29, 1.82) is 0 Å². The molecule has 0 saturated heterocycles. The average molecular weight is 320 g/mol. The lowest BCUT2D eigenvalue weighted by atomic mass is 10.1.